The predicted octanol–water partition coefficient (Wildman–Crippen LogP) is 4.01. The highest BCUT2D eigenvalue weighted by Crippen LogP contribution is 2.38. The van der Waals surface area contributed by atoms with Crippen molar-refractivity contribution in [2.45, 2.75) is 25.6 Å². The number of nitrogens with two attached hydrogens (primary N) is 1. The summed E-state index contributed by atoms with van der Waals surface area (Å²) in [5.41, 5.74) is 8.40. The van der Waals surface area contributed by atoms with Crippen LogP contribution in [0.1, 0.15) is 29.3 Å². The summed E-state index contributed by atoms with van der Waals surface area (Å²) in [6.07, 6.45) is -3.02. The monoisotopic (exact) mass is 441 g/mol. The summed E-state index contributed by atoms with van der Waals surface area (Å²) >= 11 is 0. The Kier molecular flexibility index (Phi) is 4.65. The molecule has 5 rings (SSSR count). The maximum absolute atomic E-state index is 13.3. The minimum atomic E-state index is -4.59. The topological polar surface area (TPSA) is 85.9 Å². The molecule has 0 unspecified atom stereocenters. The summed E-state index contributed by atoms with van der Waals surface area (Å²) in [6, 6.07) is 11.3. The Labute approximate surface area is 181 Å². The second kappa shape index (κ2) is 7.40. The minimum Gasteiger partial charge on any atom is -0.454 e. The Hall–Kier alpha value is -3.82. The van der Waals surface area contributed by atoms with E-state index in [2.05, 4.69) is 9.97 Å². The van der Waals surface area contributed by atoms with Crippen LogP contribution >= 0.6 is 0 Å². The molecule has 0 amide bonds. The van der Waals surface area contributed by atoms with Crippen molar-refractivity contribution in [2.75, 3.05) is 17.5 Å². The van der Waals surface area contributed by atoms with Gasteiger partial charge in [0.1, 0.15) is 5.69 Å². The first-order chi connectivity index (χ1) is 15.3. The summed E-state index contributed by atoms with van der Waals surface area (Å²) < 4.78 is 50.8. The number of hydrogen-bond donors (Lipinski definition) is 1. The number of rotatable bonds is 2. The number of hydrogen-bond acceptors (Lipinski definition) is 7. The number of halogens is 3. The minimum absolute atomic E-state index is 0.131. The fourth-order valence-corrected chi connectivity index (χ4v) is 3.75. The number of ether oxygens (including phenoxy) is 2. The van der Waals surface area contributed by atoms with E-state index in [4.69, 9.17) is 20.3 Å². The first-order valence-corrected chi connectivity index (χ1v) is 9.86. The lowest BCUT2D eigenvalue weighted by Gasteiger charge is -2.23. The lowest BCUT2D eigenvalue weighted by Crippen LogP contribution is -2.31. The van der Waals surface area contributed by atoms with Gasteiger partial charge in [0.25, 0.3) is 0 Å². The smallest absolute Gasteiger partial charge is 0.433 e. The second-order valence-corrected chi connectivity index (χ2v) is 7.57. The van der Waals surface area contributed by atoms with Crippen molar-refractivity contribution >= 4 is 17.3 Å². The van der Waals surface area contributed by atoms with Crippen LogP contribution in [0.25, 0.3) is 0 Å². The molecule has 0 fully saturated rings. The number of hydrazone groups is 1. The first-order valence-electron chi connectivity index (χ1n) is 9.86. The van der Waals surface area contributed by atoms with E-state index >= 15 is 0 Å². The SMILES string of the molecule is C[C@@H]1Cc2cc3c(cc2C(c2ccc(N)cc2)=NN1c1nccc(C(F)(F)F)n1)OCO3. The normalized spacial score (nSPS) is 17.6. The predicted molar refractivity (Wildman–Crippen MR) is 112 cm³/mol. The van der Waals surface area contributed by atoms with Gasteiger partial charge in [0, 0.05) is 23.0 Å². The molecule has 3 heterocycles. The lowest BCUT2D eigenvalue weighted by molar-refractivity contribution is -0.141. The Morgan fingerprint density at radius 2 is 1.78 bits per heavy atom. The quantitative estimate of drug-likeness (QED) is 0.605. The van der Waals surface area contributed by atoms with E-state index in [0.717, 1.165) is 29.0 Å². The molecule has 10 heteroatoms. The third kappa shape index (κ3) is 3.57. The number of anilines is 2. The van der Waals surface area contributed by atoms with E-state index in [9.17, 15) is 13.2 Å². The Bertz CT molecular complexity index is 1210. The Balaban J connectivity index is 1.68. The third-order valence-electron chi connectivity index (χ3n) is 5.32. The molecule has 2 aliphatic heterocycles. The molecule has 0 bridgehead atoms. The Morgan fingerprint density at radius 1 is 1.06 bits per heavy atom. The molecule has 2 N–H and O–H groups in total. The fourth-order valence-electron chi connectivity index (χ4n) is 3.75. The van der Waals surface area contributed by atoms with Crippen LogP contribution < -0.4 is 20.2 Å². The molecule has 0 saturated heterocycles. The molecular weight excluding hydrogens is 423 g/mol. The fraction of sp³-hybridized carbons (Fsp3) is 0.227. The summed E-state index contributed by atoms with van der Waals surface area (Å²) in [7, 11) is 0. The molecule has 0 spiro atoms. The number of alkyl halides is 3. The molecular formula is C22H18F3N5O2. The van der Waals surface area contributed by atoms with Gasteiger partial charge in [-0.1, -0.05) is 12.1 Å². The highest BCUT2D eigenvalue weighted by atomic mass is 19.4. The largest absolute Gasteiger partial charge is 0.454 e. The van der Waals surface area contributed by atoms with Crippen molar-refractivity contribution in [3.8, 4) is 11.5 Å². The highest BCUT2D eigenvalue weighted by molar-refractivity contribution is 6.14. The van der Waals surface area contributed by atoms with Gasteiger partial charge >= 0.3 is 6.18 Å². The van der Waals surface area contributed by atoms with Crippen molar-refractivity contribution in [1.82, 2.24) is 9.97 Å². The van der Waals surface area contributed by atoms with Crippen LogP contribution in [-0.4, -0.2) is 28.5 Å². The van der Waals surface area contributed by atoms with Crippen LogP contribution in [0.3, 0.4) is 0 Å². The van der Waals surface area contributed by atoms with Gasteiger partial charge in [0.2, 0.25) is 12.7 Å². The van der Waals surface area contributed by atoms with Crippen molar-refractivity contribution < 1.29 is 22.6 Å². The first kappa shape index (κ1) is 20.1. The van der Waals surface area contributed by atoms with Gasteiger partial charge < -0.3 is 15.2 Å². The van der Waals surface area contributed by atoms with Crippen LogP contribution in [0.2, 0.25) is 0 Å². The maximum Gasteiger partial charge on any atom is 0.433 e. The molecule has 1 aromatic heterocycles. The van der Waals surface area contributed by atoms with Crippen LogP contribution in [0.15, 0.2) is 53.8 Å². The van der Waals surface area contributed by atoms with Crippen LogP contribution in [0, 0.1) is 0 Å². The molecule has 7 nitrogen and oxygen atoms in total. The van der Waals surface area contributed by atoms with E-state index < -0.39 is 11.9 Å². The lowest BCUT2D eigenvalue weighted by atomic mass is 9.94. The zero-order chi connectivity index (χ0) is 22.5. The van der Waals surface area contributed by atoms with Gasteiger partial charge in [-0.3, -0.25) is 0 Å². The molecule has 2 aromatic carbocycles. The van der Waals surface area contributed by atoms with Crippen molar-refractivity contribution in [3.05, 3.63) is 71.0 Å². The van der Waals surface area contributed by atoms with Crippen molar-refractivity contribution in [3.63, 3.8) is 0 Å². The molecule has 32 heavy (non-hydrogen) atoms. The van der Waals surface area contributed by atoms with E-state index in [0.29, 0.717) is 29.3 Å². The molecule has 2 aliphatic rings. The van der Waals surface area contributed by atoms with Gasteiger partial charge in [0.15, 0.2) is 11.5 Å². The number of nitrogens with zero attached hydrogens (tertiary/aromatic N) is 4. The number of benzene rings is 2. The van der Waals surface area contributed by atoms with Crippen LogP contribution in [0.5, 0.6) is 11.5 Å². The molecule has 1 atom stereocenters. The average molecular weight is 441 g/mol. The molecule has 164 valence electrons. The molecule has 0 saturated carbocycles. The molecule has 0 aliphatic carbocycles. The Morgan fingerprint density at radius 3 is 2.50 bits per heavy atom. The maximum atomic E-state index is 13.3. The van der Waals surface area contributed by atoms with Gasteiger partial charge in [-0.15, -0.1) is 0 Å². The standard InChI is InChI=1S/C22H18F3N5O2/c1-12-8-14-9-17-18(32-11-31-17)10-16(14)20(13-2-4-15(26)5-3-13)29-30(12)21-27-7-6-19(28-21)22(23,24)25/h2-7,9-10,12H,8,11,26H2,1H3/t12-/m1/s1. The number of aromatic nitrogens is 2. The van der Waals surface area contributed by atoms with E-state index in [1.807, 2.05) is 31.2 Å². The highest BCUT2D eigenvalue weighted by Gasteiger charge is 2.34. The summed E-state index contributed by atoms with van der Waals surface area (Å²) in [4.78, 5) is 7.82. The van der Waals surface area contributed by atoms with Crippen molar-refractivity contribution in [2.24, 2.45) is 5.10 Å². The zero-order valence-electron chi connectivity index (χ0n) is 16.9. The van der Waals surface area contributed by atoms with Gasteiger partial charge in [-0.25, -0.2) is 15.0 Å². The number of nitrogen functional groups attached to an aromatic ring is 1. The van der Waals surface area contributed by atoms with Gasteiger partial charge in [-0.2, -0.15) is 18.3 Å². The van der Waals surface area contributed by atoms with E-state index in [1.165, 1.54) is 5.01 Å². The number of fused-ring (bicyclic) bond motifs is 2. The zero-order valence-corrected chi connectivity index (χ0v) is 16.9. The van der Waals surface area contributed by atoms with Crippen LogP contribution in [-0.2, 0) is 12.6 Å². The van der Waals surface area contributed by atoms with E-state index in [-0.39, 0.29) is 18.8 Å². The van der Waals surface area contributed by atoms with Crippen molar-refractivity contribution in [1.29, 1.82) is 0 Å². The molecule has 3 aromatic rings. The summed E-state index contributed by atoms with van der Waals surface area (Å²) in [5.74, 6) is 1.08. The summed E-state index contributed by atoms with van der Waals surface area (Å²) in [5, 5.41) is 6.16. The second-order valence-electron chi connectivity index (χ2n) is 7.57. The molecule has 0 radical (unpaired) electrons. The average Bonchev–Trinajstić information content (AvgIpc) is 3.16. The van der Waals surface area contributed by atoms with Crippen LogP contribution in [0.4, 0.5) is 24.8 Å². The van der Waals surface area contributed by atoms with E-state index in [1.54, 1.807) is 12.1 Å². The summed E-state index contributed by atoms with van der Waals surface area (Å²) in [6.45, 7) is 1.99. The van der Waals surface area contributed by atoms with Gasteiger partial charge in [-0.05, 0) is 49.2 Å². The van der Waals surface area contributed by atoms with Gasteiger partial charge in [0.05, 0.1) is 11.8 Å². The third-order valence-corrected chi connectivity index (χ3v) is 5.32.